The summed E-state index contributed by atoms with van der Waals surface area (Å²) in [7, 11) is 0. The summed E-state index contributed by atoms with van der Waals surface area (Å²) < 4.78 is 0. The normalized spacial score (nSPS) is 42.2. The first-order chi connectivity index (χ1) is 8.24. The fourth-order valence-electron chi connectivity index (χ4n) is 4.54. The SMILES string of the molecule is CC1C2CC3CC(C2)CC1C3.CCCCCCl. The highest BCUT2D eigenvalue weighted by molar-refractivity contribution is 6.17. The number of unbranched alkanes of at least 4 members (excludes halogenated alkanes) is 2. The van der Waals surface area contributed by atoms with Gasteiger partial charge >= 0.3 is 0 Å². The van der Waals surface area contributed by atoms with Crippen LogP contribution in [0.15, 0.2) is 0 Å². The van der Waals surface area contributed by atoms with Gasteiger partial charge in [0.1, 0.15) is 0 Å². The van der Waals surface area contributed by atoms with Gasteiger partial charge in [0, 0.05) is 5.88 Å². The molecule has 4 bridgehead atoms. The van der Waals surface area contributed by atoms with Crippen molar-refractivity contribution in [1.29, 1.82) is 0 Å². The summed E-state index contributed by atoms with van der Waals surface area (Å²) in [5.41, 5.74) is 0. The molecule has 0 amide bonds. The third-order valence-corrected chi connectivity index (χ3v) is 5.70. The van der Waals surface area contributed by atoms with Crippen LogP contribution in [0.3, 0.4) is 0 Å². The lowest BCUT2D eigenvalue weighted by Gasteiger charge is -2.53. The van der Waals surface area contributed by atoms with Crippen LogP contribution in [0.2, 0.25) is 0 Å². The lowest BCUT2D eigenvalue weighted by molar-refractivity contribution is -0.0282. The fourth-order valence-corrected chi connectivity index (χ4v) is 4.73. The molecule has 0 heterocycles. The van der Waals surface area contributed by atoms with Gasteiger partial charge in [0.05, 0.1) is 0 Å². The van der Waals surface area contributed by atoms with Gasteiger partial charge in [-0.15, -0.1) is 11.6 Å². The molecule has 0 atom stereocenters. The molecule has 4 aliphatic carbocycles. The summed E-state index contributed by atoms with van der Waals surface area (Å²) in [6.45, 7) is 4.68. The van der Waals surface area contributed by atoms with Crippen molar-refractivity contribution in [2.24, 2.45) is 29.6 Å². The highest BCUT2D eigenvalue weighted by Gasteiger charge is 2.45. The largest absolute Gasteiger partial charge is 0.127 e. The van der Waals surface area contributed by atoms with E-state index in [-0.39, 0.29) is 0 Å². The molecular formula is C16H29Cl. The van der Waals surface area contributed by atoms with Gasteiger partial charge < -0.3 is 0 Å². The molecule has 4 rings (SSSR count). The molecule has 4 aliphatic rings. The second-order valence-corrected chi connectivity index (χ2v) is 7.06. The van der Waals surface area contributed by atoms with Crippen molar-refractivity contribution in [3.05, 3.63) is 0 Å². The Labute approximate surface area is 113 Å². The summed E-state index contributed by atoms with van der Waals surface area (Å²) in [6, 6.07) is 0. The first kappa shape index (κ1) is 13.7. The van der Waals surface area contributed by atoms with Crippen LogP contribution in [0.5, 0.6) is 0 Å². The third-order valence-electron chi connectivity index (χ3n) is 5.44. The fraction of sp³-hybridized carbons (Fsp3) is 1.00. The van der Waals surface area contributed by atoms with Gasteiger partial charge in [-0.3, -0.25) is 0 Å². The van der Waals surface area contributed by atoms with Gasteiger partial charge in [0.25, 0.3) is 0 Å². The average Bonchev–Trinajstić information content (AvgIpc) is 2.33. The molecule has 0 radical (unpaired) electrons. The Balaban J connectivity index is 0.000000157. The minimum absolute atomic E-state index is 0.827. The zero-order valence-electron chi connectivity index (χ0n) is 11.6. The molecule has 0 N–H and O–H groups in total. The molecule has 17 heavy (non-hydrogen) atoms. The van der Waals surface area contributed by atoms with Crippen molar-refractivity contribution >= 4 is 11.6 Å². The minimum atomic E-state index is 0.827. The van der Waals surface area contributed by atoms with E-state index in [2.05, 4.69) is 13.8 Å². The predicted molar refractivity (Wildman–Crippen MR) is 76.5 cm³/mol. The van der Waals surface area contributed by atoms with Crippen molar-refractivity contribution in [2.75, 3.05) is 5.88 Å². The number of alkyl halides is 1. The molecule has 0 aliphatic heterocycles. The lowest BCUT2D eigenvalue weighted by Crippen LogP contribution is -2.43. The van der Waals surface area contributed by atoms with E-state index in [4.69, 9.17) is 11.6 Å². The highest BCUT2D eigenvalue weighted by Crippen LogP contribution is 2.56. The molecule has 4 fully saturated rings. The van der Waals surface area contributed by atoms with E-state index in [1.807, 2.05) is 0 Å². The quantitative estimate of drug-likeness (QED) is 0.462. The summed E-state index contributed by atoms with van der Waals surface area (Å²) >= 11 is 5.38. The van der Waals surface area contributed by atoms with E-state index >= 15 is 0 Å². The molecule has 0 aromatic carbocycles. The van der Waals surface area contributed by atoms with E-state index < -0.39 is 0 Å². The van der Waals surface area contributed by atoms with Crippen LogP contribution >= 0.6 is 11.6 Å². The Morgan fingerprint density at radius 1 is 0.882 bits per heavy atom. The van der Waals surface area contributed by atoms with Gasteiger partial charge in [0.15, 0.2) is 0 Å². The average molecular weight is 257 g/mol. The molecule has 1 heteroatoms. The second kappa shape index (κ2) is 6.45. The lowest BCUT2D eigenvalue weighted by atomic mass is 9.52. The maximum Gasteiger partial charge on any atom is 0.0223 e. The van der Waals surface area contributed by atoms with Crippen LogP contribution in [-0.2, 0) is 0 Å². The van der Waals surface area contributed by atoms with Crippen LogP contribution < -0.4 is 0 Å². The standard InChI is InChI=1S/C11H18.C5H11Cl/c1-7-10-3-8-2-9(5-10)6-11(7)4-8;1-2-3-4-5-6/h7-11H,2-6H2,1H3;2-5H2,1H3. The molecular weight excluding hydrogens is 228 g/mol. The van der Waals surface area contributed by atoms with Crippen LogP contribution in [0, 0.1) is 29.6 Å². The third kappa shape index (κ3) is 3.40. The van der Waals surface area contributed by atoms with Crippen molar-refractivity contribution in [3.8, 4) is 0 Å². The maximum absolute atomic E-state index is 5.38. The maximum atomic E-state index is 5.38. The second-order valence-electron chi connectivity index (χ2n) is 6.69. The number of hydrogen-bond acceptors (Lipinski definition) is 0. The Bertz CT molecular complexity index is 192. The zero-order valence-corrected chi connectivity index (χ0v) is 12.4. The molecule has 0 spiro atoms. The minimum Gasteiger partial charge on any atom is -0.127 e. The summed E-state index contributed by atoms with van der Waals surface area (Å²) in [6.07, 6.45) is 11.7. The van der Waals surface area contributed by atoms with Gasteiger partial charge in [0.2, 0.25) is 0 Å². The van der Waals surface area contributed by atoms with Crippen LogP contribution in [0.25, 0.3) is 0 Å². The van der Waals surface area contributed by atoms with Crippen molar-refractivity contribution in [3.63, 3.8) is 0 Å². The van der Waals surface area contributed by atoms with E-state index in [0.29, 0.717) is 0 Å². The van der Waals surface area contributed by atoms with Crippen LogP contribution in [0.4, 0.5) is 0 Å². The molecule has 0 unspecified atom stereocenters. The van der Waals surface area contributed by atoms with Crippen LogP contribution in [-0.4, -0.2) is 5.88 Å². The van der Waals surface area contributed by atoms with E-state index in [9.17, 15) is 0 Å². The molecule has 0 nitrogen and oxygen atoms in total. The summed E-state index contributed by atoms with van der Waals surface area (Å²) in [5.74, 6) is 6.52. The Morgan fingerprint density at radius 3 is 1.76 bits per heavy atom. The Morgan fingerprint density at radius 2 is 1.41 bits per heavy atom. The van der Waals surface area contributed by atoms with Gasteiger partial charge in [-0.05, 0) is 68.1 Å². The summed E-state index contributed by atoms with van der Waals surface area (Å²) in [4.78, 5) is 0. The topological polar surface area (TPSA) is 0 Å². The number of rotatable bonds is 3. The van der Waals surface area contributed by atoms with E-state index in [1.54, 1.807) is 32.1 Å². The monoisotopic (exact) mass is 256 g/mol. The Kier molecular flexibility index (Phi) is 5.21. The van der Waals surface area contributed by atoms with Crippen molar-refractivity contribution < 1.29 is 0 Å². The first-order valence-electron chi connectivity index (χ1n) is 7.80. The summed E-state index contributed by atoms with van der Waals surface area (Å²) in [5, 5.41) is 0. The molecule has 4 saturated carbocycles. The van der Waals surface area contributed by atoms with Crippen molar-refractivity contribution in [2.45, 2.75) is 65.2 Å². The molecule has 0 saturated heterocycles. The predicted octanol–water partition coefficient (Wildman–Crippen LogP) is 5.49. The molecule has 0 aromatic heterocycles. The number of halogens is 1. The van der Waals surface area contributed by atoms with Gasteiger partial charge in [-0.1, -0.05) is 26.7 Å². The smallest absolute Gasteiger partial charge is 0.0223 e. The van der Waals surface area contributed by atoms with Gasteiger partial charge in [-0.25, -0.2) is 0 Å². The molecule has 0 aromatic rings. The van der Waals surface area contributed by atoms with E-state index in [0.717, 1.165) is 35.5 Å². The van der Waals surface area contributed by atoms with Gasteiger partial charge in [-0.2, -0.15) is 0 Å². The first-order valence-corrected chi connectivity index (χ1v) is 8.34. The number of hydrogen-bond donors (Lipinski definition) is 0. The van der Waals surface area contributed by atoms with Crippen LogP contribution in [0.1, 0.15) is 65.2 Å². The zero-order chi connectivity index (χ0) is 12.3. The van der Waals surface area contributed by atoms with E-state index in [1.165, 1.54) is 19.3 Å². The molecule has 100 valence electrons. The Hall–Kier alpha value is 0.290. The van der Waals surface area contributed by atoms with Crippen molar-refractivity contribution in [1.82, 2.24) is 0 Å². The highest BCUT2D eigenvalue weighted by atomic mass is 35.5.